The van der Waals surface area contributed by atoms with Crippen LogP contribution in [0.3, 0.4) is 0 Å². The molecular weight excluding hydrogens is 1570 g/mol. The summed E-state index contributed by atoms with van der Waals surface area (Å²) < 4.78 is 43.5. The molecule has 121 heavy (non-hydrogen) atoms. The Hall–Kier alpha value is -7.31. The smallest absolute Gasteiger partial charge is 0.326 e. The average Bonchev–Trinajstić information content (AvgIpc) is 0.868. The molecule has 0 aromatic carbocycles. The maximum atomic E-state index is 13.7. The second-order valence-electron chi connectivity index (χ2n) is 31.6. The van der Waals surface area contributed by atoms with Gasteiger partial charge in [-0.25, -0.2) is 9.59 Å². The van der Waals surface area contributed by atoms with Gasteiger partial charge < -0.3 is 96.0 Å². The lowest BCUT2D eigenvalue weighted by Crippen LogP contribution is -2.43. The number of carbonyl (C=O) groups excluding carboxylic acids is 11. The summed E-state index contributed by atoms with van der Waals surface area (Å²) in [5, 5.41) is 52.5. The number of carboxylic acid groups (broad SMARTS) is 4. The van der Waals surface area contributed by atoms with Crippen LogP contribution in [0.5, 0.6) is 0 Å². The number of ketones is 5. The lowest BCUT2D eigenvalue weighted by atomic mass is 9.82. The maximum Gasteiger partial charge on any atom is 0.326 e. The molecular formula is C87H153N7O27. The summed E-state index contributed by atoms with van der Waals surface area (Å²) in [5.74, 6) is -8.18. The lowest BCUT2D eigenvalue weighted by molar-refractivity contribution is -0.142. The summed E-state index contributed by atoms with van der Waals surface area (Å²) in [5.41, 5.74) is 4.93. The highest BCUT2D eigenvalue weighted by atomic mass is 16.5. The van der Waals surface area contributed by atoms with Crippen LogP contribution in [0.1, 0.15) is 303 Å². The van der Waals surface area contributed by atoms with Crippen molar-refractivity contribution in [2.75, 3.05) is 132 Å². The number of nitrogens with one attached hydrogen (secondary N) is 6. The monoisotopic (exact) mass is 1730 g/mol. The normalized spacial score (nSPS) is 12.4. The predicted molar refractivity (Wildman–Crippen MR) is 452 cm³/mol. The maximum absolute atomic E-state index is 13.7. The molecule has 0 saturated carbocycles. The molecule has 0 unspecified atom stereocenters. The molecule has 0 fully saturated rings. The predicted octanol–water partition coefficient (Wildman–Crippen LogP) is 8.89. The Morgan fingerprint density at radius 3 is 0.983 bits per heavy atom. The zero-order valence-electron chi connectivity index (χ0n) is 73.3. The lowest BCUT2D eigenvalue weighted by Gasteiger charge is -2.23. The van der Waals surface area contributed by atoms with Crippen molar-refractivity contribution in [3.05, 3.63) is 0 Å². The van der Waals surface area contributed by atoms with Crippen LogP contribution in [0.2, 0.25) is 0 Å². The third kappa shape index (κ3) is 76.1. The van der Waals surface area contributed by atoms with Gasteiger partial charge in [0, 0.05) is 115 Å². The van der Waals surface area contributed by atoms with Gasteiger partial charge in [0.15, 0.2) is 11.6 Å². The number of carboxylic acids is 4. The fourth-order valence-electron chi connectivity index (χ4n) is 12.8. The highest BCUT2D eigenvalue weighted by molar-refractivity contribution is 5.94. The molecule has 0 rings (SSSR count). The minimum absolute atomic E-state index is 0.000667. The van der Waals surface area contributed by atoms with Crippen LogP contribution in [0, 0.1) is 11.8 Å². The van der Waals surface area contributed by atoms with Crippen molar-refractivity contribution in [2.24, 2.45) is 17.6 Å². The first-order chi connectivity index (χ1) is 58.1. The van der Waals surface area contributed by atoms with E-state index >= 15 is 0 Å². The van der Waals surface area contributed by atoms with Crippen LogP contribution in [0.25, 0.3) is 0 Å². The standard InChI is InChI=1S/C87H153N7O27/c1-68(95)69(34-28-30-46-89-81(104)66-121-61-57-117-53-49-92-82(105)67-120-60-54-114-50-32-36-71(96)42-43-73(85(110)111)93-78(101)38-24-20-16-12-8-4-6-10-14-18-22-26-40-83(106)107)62-75(98)70(63-76(99)87(2,3)88)35-29-31-47-90-80(103)65-119-59-55-115-51-33-37-72(97)64-118-58-56-116-52-48-91-77(100)45-44-74(86(112)113)94-79(102)39-25-21-17-13-9-5-7-11-15-19-23-27-41-84(108)109/h69-70,73-74H,4-67,88H2,1-3H3,(H,89,104)(H,90,103)(H,91,100)(H,92,105)(H,93,101)(H,94,102)(H,106,107)(H,108,109)(H,110,111)(H,112,113)/t69-,70-,73+,74+/m1/s1. The van der Waals surface area contributed by atoms with Gasteiger partial charge in [0.2, 0.25) is 35.4 Å². The molecule has 0 spiro atoms. The molecule has 12 N–H and O–H groups in total. The first-order valence-corrected chi connectivity index (χ1v) is 44.7. The average molecular weight is 1730 g/mol. The van der Waals surface area contributed by atoms with E-state index in [1.54, 1.807) is 13.8 Å². The molecule has 0 aliphatic carbocycles. The van der Waals surface area contributed by atoms with Crippen molar-refractivity contribution in [3.8, 4) is 0 Å². The van der Waals surface area contributed by atoms with Gasteiger partial charge in [-0.3, -0.25) is 62.3 Å². The molecule has 0 heterocycles. The van der Waals surface area contributed by atoms with E-state index in [2.05, 4.69) is 31.9 Å². The Labute approximate surface area is 717 Å². The number of aliphatic carboxylic acids is 4. The minimum Gasteiger partial charge on any atom is -0.481 e. The second kappa shape index (κ2) is 78.7. The summed E-state index contributed by atoms with van der Waals surface area (Å²) >= 11 is 0. The Balaban J connectivity index is 4.11. The molecule has 0 aromatic rings. The van der Waals surface area contributed by atoms with Crippen LogP contribution in [0.15, 0.2) is 0 Å². The Bertz CT molecular complexity index is 2860. The summed E-state index contributed by atoms with van der Waals surface area (Å²) in [4.78, 5) is 183. The molecule has 0 aliphatic rings. The molecule has 6 amide bonds. The van der Waals surface area contributed by atoms with E-state index in [4.69, 9.17) is 53.8 Å². The number of hydrogen-bond acceptors (Lipinski definition) is 24. The molecule has 0 radical (unpaired) electrons. The number of amides is 6. The van der Waals surface area contributed by atoms with Crippen LogP contribution in [0.4, 0.5) is 0 Å². The number of ether oxygens (including phenoxy) is 8. The van der Waals surface area contributed by atoms with E-state index < -0.39 is 53.3 Å². The molecule has 0 aliphatic heterocycles. The zero-order valence-corrected chi connectivity index (χ0v) is 73.3. The molecule has 0 bridgehead atoms. The quantitative estimate of drug-likeness (QED) is 0.0253. The first-order valence-electron chi connectivity index (χ1n) is 44.7. The highest BCUT2D eigenvalue weighted by Crippen LogP contribution is 2.25. The number of hydrogen-bond donors (Lipinski definition) is 11. The van der Waals surface area contributed by atoms with Crippen molar-refractivity contribution >= 4 is 88.2 Å². The SMILES string of the molecule is CC(=O)[C@H](CCCCNC(=O)COCCOCCNC(=O)COCCOCCCC(=O)CC[C@H](NC(=O)CCCCCCCCCCCCCCC(=O)O)C(=O)O)CC(=O)[C@H](CCCCNC(=O)COCCOCCCC(=O)COCCOCCNC(=O)CC[C@H](NC(=O)CCCCCCCCCCCCCCC(=O)O)C(=O)O)CC(=O)C(C)(C)N. The Kier molecular flexibility index (Phi) is 73.9. The molecule has 4 atom stereocenters. The number of carbonyl (C=O) groups is 15. The van der Waals surface area contributed by atoms with Gasteiger partial charge in [0.1, 0.15) is 55.9 Å². The van der Waals surface area contributed by atoms with Crippen LogP contribution >= 0.6 is 0 Å². The van der Waals surface area contributed by atoms with Gasteiger partial charge in [-0.15, -0.1) is 0 Å². The van der Waals surface area contributed by atoms with Gasteiger partial charge in [-0.2, -0.15) is 0 Å². The van der Waals surface area contributed by atoms with E-state index in [1.807, 2.05) is 0 Å². The van der Waals surface area contributed by atoms with E-state index in [-0.39, 0.29) is 260 Å². The van der Waals surface area contributed by atoms with Gasteiger partial charge in [0.05, 0.1) is 71.6 Å². The van der Waals surface area contributed by atoms with Gasteiger partial charge in [-0.05, 0) is 97.8 Å². The number of Topliss-reactive ketones (excluding diaryl/α,β-unsaturated/α-hetero) is 5. The van der Waals surface area contributed by atoms with Crippen molar-refractivity contribution in [3.63, 3.8) is 0 Å². The van der Waals surface area contributed by atoms with Crippen molar-refractivity contribution in [2.45, 2.75) is 321 Å². The third-order valence-electron chi connectivity index (χ3n) is 20.0. The Morgan fingerprint density at radius 1 is 0.289 bits per heavy atom. The second-order valence-corrected chi connectivity index (χ2v) is 31.6. The van der Waals surface area contributed by atoms with Gasteiger partial charge >= 0.3 is 23.9 Å². The van der Waals surface area contributed by atoms with Crippen LogP contribution < -0.4 is 37.6 Å². The summed E-state index contributed by atoms with van der Waals surface area (Å²) in [7, 11) is 0. The largest absolute Gasteiger partial charge is 0.481 e. The number of unbranched alkanes of at least 4 members (excludes halogenated alkanes) is 24. The summed E-state index contributed by atoms with van der Waals surface area (Å²) in [6, 6.07) is -2.32. The fourth-order valence-corrected chi connectivity index (χ4v) is 12.8. The fraction of sp³-hybridized carbons (Fsp3) is 0.828. The van der Waals surface area contributed by atoms with E-state index in [9.17, 15) is 82.1 Å². The minimum atomic E-state index is -1.21. The zero-order chi connectivity index (χ0) is 89.6. The number of nitrogens with two attached hydrogens (primary N) is 1. The topological polar surface area (TPSA) is 509 Å². The third-order valence-corrected chi connectivity index (χ3v) is 20.0. The van der Waals surface area contributed by atoms with Crippen LogP contribution in [-0.4, -0.2) is 258 Å². The summed E-state index contributed by atoms with van der Waals surface area (Å²) in [6.45, 7) is 7.09. The van der Waals surface area contributed by atoms with Gasteiger partial charge in [-0.1, -0.05) is 141 Å². The molecule has 0 aromatic heterocycles. The van der Waals surface area contributed by atoms with Crippen molar-refractivity contribution in [1.29, 1.82) is 0 Å². The highest BCUT2D eigenvalue weighted by Gasteiger charge is 2.31. The van der Waals surface area contributed by atoms with Crippen molar-refractivity contribution in [1.82, 2.24) is 31.9 Å². The van der Waals surface area contributed by atoms with E-state index in [0.29, 0.717) is 77.3 Å². The first kappa shape index (κ1) is 114. The molecule has 34 nitrogen and oxygen atoms in total. The Morgan fingerprint density at radius 2 is 0.612 bits per heavy atom. The van der Waals surface area contributed by atoms with Gasteiger partial charge in [0.25, 0.3) is 0 Å². The molecule has 34 heteroatoms. The summed E-state index contributed by atoms with van der Waals surface area (Å²) in [6.07, 6.45) is 29.0. The van der Waals surface area contributed by atoms with E-state index in [1.165, 1.54) is 6.92 Å². The number of rotatable bonds is 91. The molecule has 698 valence electrons. The molecule has 0 saturated heterocycles. The van der Waals surface area contributed by atoms with E-state index in [0.717, 1.165) is 141 Å². The van der Waals surface area contributed by atoms with Crippen molar-refractivity contribution < 1.29 is 130 Å². The van der Waals surface area contributed by atoms with Crippen LogP contribution in [-0.2, 0) is 110 Å².